The molecule has 4 aliphatic rings. The summed E-state index contributed by atoms with van der Waals surface area (Å²) in [5.41, 5.74) is -1.08. The molecule has 4 fully saturated rings. The maximum atomic E-state index is 10.7. The molecule has 6 heteroatoms. The second kappa shape index (κ2) is 4.84. The van der Waals surface area contributed by atoms with Gasteiger partial charge in [-0.1, -0.05) is 0 Å². The van der Waals surface area contributed by atoms with Crippen molar-refractivity contribution >= 4 is 5.97 Å². The van der Waals surface area contributed by atoms with Gasteiger partial charge in [-0.2, -0.15) is 0 Å². The van der Waals surface area contributed by atoms with Crippen LogP contribution >= 0.6 is 0 Å². The van der Waals surface area contributed by atoms with Crippen LogP contribution in [0.25, 0.3) is 0 Å². The van der Waals surface area contributed by atoms with Gasteiger partial charge in [0.1, 0.15) is 6.61 Å². The van der Waals surface area contributed by atoms with Crippen LogP contribution in [0.5, 0.6) is 0 Å². The zero-order valence-electron chi connectivity index (χ0n) is 11.2. The molecule has 0 unspecified atom stereocenters. The van der Waals surface area contributed by atoms with Crippen LogP contribution in [0, 0.1) is 22.7 Å². The van der Waals surface area contributed by atoms with E-state index in [1.54, 1.807) is 0 Å². The van der Waals surface area contributed by atoms with Crippen LogP contribution in [0.3, 0.4) is 0 Å². The minimum Gasteiger partial charge on any atom is -0.507 e. The highest BCUT2D eigenvalue weighted by molar-refractivity contribution is 5.86. The summed E-state index contributed by atoms with van der Waals surface area (Å²) >= 11 is 0. The van der Waals surface area contributed by atoms with E-state index in [2.05, 4.69) is 5.18 Å². The van der Waals surface area contributed by atoms with E-state index in [1.807, 2.05) is 0 Å². The number of aliphatic carboxylic acids is 1. The predicted octanol–water partition coefficient (Wildman–Crippen LogP) is 2.59. The Balaban J connectivity index is 1.69. The van der Waals surface area contributed by atoms with Gasteiger partial charge in [0.05, 0.1) is 5.60 Å². The fraction of sp³-hybridized carbons (Fsp3) is 0.786. The van der Waals surface area contributed by atoms with Crippen LogP contribution in [0.2, 0.25) is 0 Å². The number of hydrogen-bond donors (Lipinski definition) is 2. The van der Waals surface area contributed by atoms with Gasteiger partial charge in [-0.25, -0.2) is 4.79 Å². The summed E-state index contributed by atoms with van der Waals surface area (Å²) in [6.07, 6.45) is 6.80. The third kappa shape index (κ3) is 2.32. The molecule has 0 atom stereocenters. The number of carbonyl (C=O) groups is 1. The fourth-order valence-corrected chi connectivity index (χ4v) is 4.71. The van der Waals surface area contributed by atoms with Gasteiger partial charge in [0.15, 0.2) is 5.76 Å². The maximum Gasteiger partial charge on any atom is 0.361 e. The summed E-state index contributed by atoms with van der Waals surface area (Å²) in [7, 11) is 0. The molecule has 4 rings (SSSR count). The SMILES string of the molecule is O=N/C(C(=O)O)=C(\O)COC12CC3CC(CC(C3)C1)C2. The molecule has 20 heavy (non-hydrogen) atoms. The monoisotopic (exact) mass is 281 g/mol. The molecule has 0 aliphatic heterocycles. The first kappa shape index (κ1) is 13.5. The van der Waals surface area contributed by atoms with Gasteiger partial charge in [-0.3, -0.25) is 0 Å². The Kier molecular flexibility index (Phi) is 3.28. The number of aliphatic hydroxyl groups excluding tert-OH is 1. The van der Waals surface area contributed by atoms with Gasteiger partial charge in [-0.05, 0) is 61.5 Å². The van der Waals surface area contributed by atoms with Crippen molar-refractivity contribution in [3.8, 4) is 0 Å². The van der Waals surface area contributed by atoms with Crippen molar-refractivity contribution in [3.63, 3.8) is 0 Å². The van der Waals surface area contributed by atoms with Crippen LogP contribution in [0.15, 0.2) is 16.6 Å². The van der Waals surface area contributed by atoms with Crippen molar-refractivity contribution < 1.29 is 19.7 Å². The summed E-state index contributed by atoms with van der Waals surface area (Å²) in [5, 5.41) is 20.8. The van der Waals surface area contributed by atoms with E-state index < -0.39 is 17.4 Å². The van der Waals surface area contributed by atoms with Crippen molar-refractivity contribution in [1.29, 1.82) is 0 Å². The molecule has 2 N–H and O–H groups in total. The molecule has 0 aromatic heterocycles. The molecule has 4 aliphatic carbocycles. The highest BCUT2D eigenvalue weighted by atomic mass is 16.5. The van der Waals surface area contributed by atoms with Crippen molar-refractivity contribution in [3.05, 3.63) is 16.4 Å². The number of carboxylic acid groups (broad SMARTS) is 1. The number of nitrogens with zero attached hydrogens (tertiary/aromatic N) is 1. The van der Waals surface area contributed by atoms with Gasteiger partial charge < -0.3 is 14.9 Å². The van der Waals surface area contributed by atoms with Crippen molar-refractivity contribution in [2.24, 2.45) is 22.9 Å². The predicted molar refractivity (Wildman–Crippen MR) is 69.9 cm³/mol. The van der Waals surface area contributed by atoms with Crippen LogP contribution in [0.4, 0.5) is 0 Å². The summed E-state index contributed by atoms with van der Waals surface area (Å²) in [6.45, 7) is -0.237. The third-order valence-corrected chi connectivity index (χ3v) is 5.06. The number of nitroso groups, excluding NO2 is 1. The van der Waals surface area contributed by atoms with Gasteiger partial charge >= 0.3 is 5.97 Å². The van der Waals surface area contributed by atoms with E-state index in [0.29, 0.717) is 17.8 Å². The molecule has 4 bridgehead atoms. The normalized spacial score (nSPS) is 39.5. The first-order valence-corrected chi connectivity index (χ1v) is 7.14. The molecular formula is C14H19NO5. The molecule has 4 saturated carbocycles. The average molecular weight is 281 g/mol. The third-order valence-electron chi connectivity index (χ3n) is 5.06. The van der Waals surface area contributed by atoms with Crippen molar-refractivity contribution in [2.45, 2.75) is 44.1 Å². The minimum atomic E-state index is -1.52. The lowest BCUT2D eigenvalue weighted by atomic mass is 9.54. The number of rotatable bonds is 5. The van der Waals surface area contributed by atoms with E-state index >= 15 is 0 Å². The number of carboxylic acids is 1. The standard InChI is InChI=1S/C14H19NO5/c16-11(12(15-19)13(17)18)7-20-14-4-8-1-9(5-14)3-10(2-8)6-14/h8-10,16H,1-7H2,(H,17,18)/b12-11-. The van der Waals surface area contributed by atoms with Gasteiger partial charge in [0, 0.05) is 0 Å². The van der Waals surface area contributed by atoms with Crippen LogP contribution in [-0.2, 0) is 9.53 Å². The molecule has 0 spiro atoms. The molecule has 0 amide bonds. The first-order valence-electron chi connectivity index (χ1n) is 7.14. The summed E-state index contributed by atoms with van der Waals surface area (Å²) in [4.78, 5) is 21.1. The molecule has 0 heterocycles. The lowest BCUT2D eigenvalue weighted by molar-refractivity contribution is -0.161. The molecule has 6 nitrogen and oxygen atoms in total. The second-order valence-electron chi connectivity index (χ2n) is 6.58. The molecule has 0 radical (unpaired) electrons. The lowest BCUT2D eigenvalue weighted by Crippen LogP contribution is -2.52. The molecule has 110 valence electrons. The Morgan fingerprint density at radius 3 is 2.00 bits per heavy atom. The Labute approximate surface area is 116 Å². The largest absolute Gasteiger partial charge is 0.507 e. The Bertz CT molecular complexity index is 435. The number of ether oxygens (including phenoxy) is 1. The van der Waals surface area contributed by atoms with E-state index in [4.69, 9.17) is 9.84 Å². The van der Waals surface area contributed by atoms with E-state index in [1.165, 1.54) is 19.3 Å². The van der Waals surface area contributed by atoms with Gasteiger partial charge in [-0.15, -0.1) is 4.91 Å². The number of hydrogen-bond acceptors (Lipinski definition) is 5. The van der Waals surface area contributed by atoms with E-state index in [-0.39, 0.29) is 12.2 Å². The van der Waals surface area contributed by atoms with Crippen LogP contribution in [0.1, 0.15) is 38.5 Å². The zero-order chi connectivity index (χ0) is 14.3. The highest BCUT2D eigenvalue weighted by Gasteiger charge is 2.51. The van der Waals surface area contributed by atoms with Crippen LogP contribution < -0.4 is 0 Å². The number of aliphatic hydroxyl groups is 1. The summed E-state index contributed by atoms with van der Waals surface area (Å²) in [6, 6.07) is 0. The Morgan fingerprint density at radius 1 is 1.10 bits per heavy atom. The Hall–Kier alpha value is -1.43. The van der Waals surface area contributed by atoms with Gasteiger partial charge in [0.2, 0.25) is 5.70 Å². The first-order chi connectivity index (χ1) is 9.51. The molecule has 0 aromatic carbocycles. The van der Waals surface area contributed by atoms with Crippen molar-refractivity contribution in [2.75, 3.05) is 6.61 Å². The minimum absolute atomic E-state index is 0.227. The topological polar surface area (TPSA) is 96.2 Å². The quantitative estimate of drug-likeness (QED) is 0.458. The van der Waals surface area contributed by atoms with Gasteiger partial charge in [0.25, 0.3) is 0 Å². The Morgan fingerprint density at radius 2 is 1.60 bits per heavy atom. The van der Waals surface area contributed by atoms with Crippen molar-refractivity contribution in [1.82, 2.24) is 0 Å². The van der Waals surface area contributed by atoms with Crippen LogP contribution in [-0.4, -0.2) is 28.4 Å². The maximum absolute atomic E-state index is 10.7. The zero-order valence-corrected chi connectivity index (χ0v) is 11.2. The molecular weight excluding hydrogens is 262 g/mol. The summed E-state index contributed by atoms with van der Waals surface area (Å²) < 4.78 is 5.87. The fourth-order valence-electron chi connectivity index (χ4n) is 4.71. The smallest absolute Gasteiger partial charge is 0.361 e. The molecule has 0 aromatic rings. The molecule has 0 saturated heterocycles. The van der Waals surface area contributed by atoms with E-state index in [0.717, 1.165) is 19.3 Å². The summed E-state index contributed by atoms with van der Waals surface area (Å²) in [5.74, 6) is 0.0106. The highest BCUT2D eigenvalue weighted by Crippen LogP contribution is 2.57. The second-order valence-corrected chi connectivity index (χ2v) is 6.58. The average Bonchev–Trinajstić information content (AvgIpc) is 2.35. The lowest BCUT2D eigenvalue weighted by Gasteiger charge is -2.56. The van der Waals surface area contributed by atoms with E-state index in [9.17, 15) is 14.8 Å².